The van der Waals surface area contributed by atoms with Crippen molar-refractivity contribution in [3.05, 3.63) is 16.5 Å². The molecule has 2 rings (SSSR count). The third-order valence-electron chi connectivity index (χ3n) is 3.10. The van der Waals surface area contributed by atoms with Crippen LogP contribution < -0.4 is 5.32 Å². The van der Waals surface area contributed by atoms with Crippen molar-refractivity contribution in [1.82, 2.24) is 0 Å². The van der Waals surface area contributed by atoms with E-state index >= 15 is 0 Å². The Morgan fingerprint density at radius 3 is 2.90 bits per heavy atom. The highest BCUT2D eigenvalue weighted by Gasteiger charge is 2.23. The third kappa shape index (κ3) is 3.76. The molecule has 1 unspecified atom stereocenters. The van der Waals surface area contributed by atoms with Crippen LogP contribution >= 0.6 is 23.1 Å². The average Bonchev–Trinajstić information content (AvgIpc) is 2.81. The zero-order chi connectivity index (χ0) is 14.5. The van der Waals surface area contributed by atoms with Crippen LogP contribution in [0.2, 0.25) is 0 Å². The van der Waals surface area contributed by atoms with Gasteiger partial charge in [-0.05, 0) is 44.1 Å². The van der Waals surface area contributed by atoms with Crippen molar-refractivity contribution < 1.29 is 14.3 Å². The molecular formula is C14H19NO3S2. The van der Waals surface area contributed by atoms with Crippen molar-refractivity contribution in [2.75, 3.05) is 17.7 Å². The summed E-state index contributed by atoms with van der Waals surface area (Å²) in [4.78, 5) is 24.4. The molecule has 2 heterocycles. The van der Waals surface area contributed by atoms with Gasteiger partial charge < -0.3 is 10.1 Å². The van der Waals surface area contributed by atoms with Crippen LogP contribution in [0, 0.1) is 6.92 Å². The third-order valence-corrected chi connectivity index (χ3v) is 5.61. The number of hydrogen-bond acceptors (Lipinski definition) is 5. The van der Waals surface area contributed by atoms with Gasteiger partial charge in [0.2, 0.25) is 5.91 Å². The van der Waals surface area contributed by atoms with Gasteiger partial charge in [0.25, 0.3) is 0 Å². The standard InChI is InChI=1S/C14H19NO3S2/c1-3-18-14(17)12-9(2)8-11(20-12)15-13(16)10-6-4-5-7-19-10/h8,10H,3-7H2,1-2H3,(H,15,16). The Balaban J connectivity index is 2.01. The lowest BCUT2D eigenvalue weighted by Crippen LogP contribution is -2.27. The minimum atomic E-state index is -0.317. The molecule has 0 bridgehead atoms. The lowest BCUT2D eigenvalue weighted by molar-refractivity contribution is -0.115. The predicted octanol–water partition coefficient (Wildman–Crippen LogP) is 3.46. The maximum Gasteiger partial charge on any atom is 0.348 e. The monoisotopic (exact) mass is 313 g/mol. The molecule has 0 saturated carbocycles. The van der Waals surface area contributed by atoms with Gasteiger partial charge in [-0.2, -0.15) is 0 Å². The van der Waals surface area contributed by atoms with Gasteiger partial charge in [0.1, 0.15) is 4.88 Å². The maximum absolute atomic E-state index is 12.1. The summed E-state index contributed by atoms with van der Waals surface area (Å²) in [6, 6.07) is 1.84. The fourth-order valence-electron chi connectivity index (χ4n) is 2.09. The van der Waals surface area contributed by atoms with Crippen LogP contribution in [0.3, 0.4) is 0 Å². The van der Waals surface area contributed by atoms with Crippen molar-refractivity contribution in [1.29, 1.82) is 0 Å². The number of esters is 1. The van der Waals surface area contributed by atoms with E-state index in [-0.39, 0.29) is 17.1 Å². The first-order chi connectivity index (χ1) is 9.61. The number of hydrogen-bond donors (Lipinski definition) is 1. The van der Waals surface area contributed by atoms with Crippen molar-refractivity contribution in [2.45, 2.75) is 38.4 Å². The van der Waals surface area contributed by atoms with E-state index in [2.05, 4.69) is 5.32 Å². The molecule has 1 atom stereocenters. The lowest BCUT2D eigenvalue weighted by atomic mass is 10.2. The maximum atomic E-state index is 12.1. The molecule has 1 fully saturated rings. The van der Waals surface area contributed by atoms with Gasteiger partial charge in [0.15, 0.2) is 0 Å². The number of aryl methyl sites for hydroxylation is 1. The van der Waals surface area contributed by atoms with Gasteiger partial charge in [0.05, 0.1) is 16.9 Å². The number of thioether (sulfide) groups is 1. The first-order valence-corrected chi connectivity index (χ1v) is 8.68. The van der Waals surface area contributed by atoms with Crippen molar-refractivity contribution in [2.24, 2.45) is 0 Å². The van der Waals surface area contributed by atoms with Crippen molar-refractivity contribution in [3.8, 4) is 0 Å². The summed E-state index contributed by atoms with van der Waals surface area (Å²) in [5.74, 6) is 0.782. The van der Waals surface area contributed by atoms with E-state index in [1.807, 2.05) is 13.0 Å². The van der Waals surface area contributed by atoms with Gasteiger partial charge in [-0.1, -0.05) is 6.42 Å². The minimum Gasteiger partial charge on any atom is -0.462 e. The Labute approximate surface area is 127 Å². The summed E-state index contributed by atoms with van der Waals surface area (Å²) in [7, 11) is 0. The molecule has 6 heteroatoms. The number of carbonyl (C=O) groups excluding carboxylic acids is 2. The van der Waals surface area contributed by atoms with E-state index in [1.165, 1.54) is 17.8 Å². The molecular weight excluding hydrogens is 294 g/mol. The van der Waals surface area contributed by atoms with Crippen LogP contribution in [0.5, 0.6) is 0 Å². The molecule has 1 N–H and O–H groups in total. The number of anilines is 1. The van der Waals surface area contributed by atoms with E-state index in [0.717, 1.165) is 29.2 Å². The van der Waals surface area contributed by atoms with E-state index in [0.29, 0.717) is 11.5 Å². The average molecular weight is 313 g/mol. The molecule has 1 aromatic heterocycles. The number of carbonyl (C=O) groups is 2. The summed E-state index contributed by atoms with van der Waals surface area (Å²) in [5, 5.41) is 3.68. The highest BCUT2D eigenvalue weighted by Crippen LogP contribution is 2.30. The zero-order valence-electron chi connectivity index (χ0n) is 11.7. The van der Waals surface area contributed by atoms with Gasteiger partial charge in [0, 0.05) is 0 Å². The van der Waals surface area contributed by atoms with Crippen LogP contribution in [0.1, 0.15) is 41.4 Å². The Bertz CT molecular complexity index is 493. The zero-order valence-corrected chi connectivity index (χ0v) is 13.4. The number of amides is 1. The smallest absolute Gasteiger partial charge is 0.348 e. The predicted molar refractivity (Wildman–Crippen MR) is 83.7 cm³/mol. The fraction of sp³-hybridized carbons (Fsp3) is 0.571. The largest absolute Gasteiger partial charge is 0.462 e. The SMILES string of the molecule is CCOC(=O)c1sc(NC(=O)C2CCCCS2)cc1C. The van der Waals surface area contributed by atoms with Crippen LogP contribution in [0.4, 0.5) is 5.00 Å². The second-order valence-electron chi connectivity index (χ2n) is 4.69. The molecule has 110 valence electrons. The summed E-state index contributed by atoms with van der Waals surface area (Å²) in [6.45, 7) is 3.99. The molecule has 1 aliphatic rings. The summed E-state index contributed by atoms with van der Waals surface area (Å²) in [5.41, 5.74) is 0.847. The Morgan fingerprint density at radius 2 is 2.25 bits per heavy atom. The first kappa shape index (κ1) is 15.4. The van der Waals surface area contributed by atoms with E-state index in [4.69, 9.17) is 4.74 Å². The molecule has 0 radical (unpaired) electrons. The van der Waals surface area contributed by atoms with Gasteiger partial charge in [-0.3, -0.25) is 4.79 Å². The Morgan fingerprint density at radius 1 is 1.45 bits per heavy atom. The van der Waals surface area contributed by atoms with Gasteiger partial charge >= 0.3 is 5.97 Å². The Kier molecular flexibility index (Phi) is 5.48. The lowest BCUT2D eigenvalue weighted by Gasteiger charge is -2.19. The molecule has 4 nitrogen and oxygen atoms in total. The van der Waals surface area contributed by atoms with Crippen LogP contribution in [0.25, 0.3) is 0 Å². The molecule has 0 spiro atoms. The van der Waals surface area contributed by atoms with Gasteiger partial charge in [-0.25, -0.2) is 4.79 Å². The van der Waals surface area contributed by atoms with E-state index < -0.39 is 0 Å². The second kappa shape index (κ2) is 7.13. The highest BCUT2D eigenvalue weighted by molar-refractivity contribution is 8.00. The minimum absolute atomic E-state index is 0.0391. The molecule has 0 aliphatic carbocycles. The van der Waals surface area contributed by atoms with E-state index in [1.54, 1.807) is 18.7 Å². The quantitative estimate of drug-likeness (QED) is 0.865. The summed E-state index contributed by atoms with van der Waals surface area (Å²) >= 11 is 3.00. The molecule has 20 heavy (non-hydrogen) atoms. The molecule has 1 saturated heterocycles. The van der Waals surface area contributed by atoms with Crippen molar-refractivity contribution in [3.63, 3.8) is 0 Å². The number of nitrogens with one attached hydrogen (secondary N) is 1. The number of thiophene rings is 1. The second-order valence-corrected chi connectivity index (χ2v) is 7.05. The van der Waals surface area contributed by atoms with Crippen LogP contribution in [-0.2, 0) is 9.53 Å². The van der Waals surface area contributed by atoms with Crippen molar-refractivity contribution >= 4 is 40.0 Å². The van der Waals surface area contributed by atoms with Crippen LogP contribution in [-0.4, -0.2) is 29.5 Å². The molecule has 1 aliphatic heterocycles. The number of rotatable bonds is 4. The molecule has 1 aromatic rings. The van der Waals surface area contributed by atoms with Crippen LogP contribution in [0.15, 0.2) is 6.07 Å². The summed E-state index contributed by atoms with van der Waals surface area (Å²) in [6.07, 6.45) is 3.24. The van der Waals surface area contributed by atoms with E-state index in [9.17, 15) is 9.59 Å². The fourth-order valence-corrected chi connectivity index (χ4v) is 4.26. The number of ether oxygens (including phenoxy) is 1. The topological polar surface area (TPSA) is 55.4 Å². The normalized spacial score (nSPS) is 18.6. The first-order valence-electron chi connectivity index (χ1n) is 6.82. The highest BCUT2D eigenvalue weighted by atomic mass is 32.2. The molecule has 0 aromatic carbocycles. The summed E-state index contributed by atoms with van der Waals surface area (Å²) < 4.78 is 5.00. The Hall–Kier alpha value is -1.01. The van der Waals surface area contributed by atoms with Gasteiger partial charge in [-0.15, -0.1) is 23.1 Å². The molecule has 1 amide bonds.